The van der Waals surface area contributed by atoms with E-state index in [0.29, 0.717) is 29.6 Å². The highest BCUT2D eigenvalue weighted by Gasteiger charge is 2.30. The lowest BCUT2D eigenvalue weighted by Gasteiger charge is -2.29. The number of ether oxygens (including phenoxy) is 2. The van der Waals surface area contributed by atoms with Gasteiger partial charge in [0.15, 0.2) is 5.11 Å². The summed E-state index contributed by atoms with van der Waals surface area (Å²) >= 11 is 5.28. The molecule has 0 aromatic heterocycles. The molecule has 2 N–H and O–H groups in total. The molecule has 3 rings (SSSR count). The van der Waals surface area contributed by atoms with Gasteiger partial charge in [-0.15, -0.1) is 0 Å². The van der Waals surface area contributed by atoms with Crippen LogP contribution in [0.1, 0.15) is 37.9 Å². The highest BCUT2D eigenvalue weighted by molar-refractivity contribution is 7.80. The van der Waals surface area contributed by atoms with Crippen molar-refractivity contribution in [3.8, 4) is 11.1 Å². The van der Waals surface area contributed by atoms with Crippen LogP contribution in [0.4, 0.5) is 0 Å². The van der Waals surface area contributed by atoms with E-state index in [-0.39, 0.29) is 24.4 Å². The van der Waals surface area contributed by atoms with Crippen LogP contribution >= 0.6 is 12.2 Å². The predicted molar refractivity (Wildman–Crippen MR) is 123 cm³/mol. The molecule has 31 heavy (non-hydrogen) atoms. The molecule has 0 amide bonds. The summed E-state index contributed by atoms with van der Waals surface area (Å²) in [5.41, 5.74) is 5.09. The molecule has 6 nitrogen and oxygen atoms in total. The van der Waals surface area contributed by atoms with Crippen LogP contribution in [0.3, 0.4) is 0 Å². The number of esters is 2. The topological polar surface area (TPSA) is 76.7 Å². The SMILES string of the molecule is CCOC(=O)Cc1ccc(-c2ccc(C3NC(=S)NC(C)=C3C(=O)OCC)cc2)cc1. The van der Waals surface area contributed by atoms with Crippen LogP contribution in [0.5, 0.6) is 0 Å². The van der Waals surface area contributed by atoms with Gasteiger partial charge in [0.25, 0.3) is 0 Å². The van der Waals surface area contributed by atoms with Gasteiger partial charge in [0.1, 0.15) is 0 Å². The molecule has 1 aliphatic rings. The average molecular weight is 439 g/mol. The monoisotopic (exact) mass is 438 g/mol. The summed E-state index contributed by atoms with van der Waals surface area (Å²) in [4.78, 5) is 24.1. The van der Waals surface area contributed by atoms with E-state index in [1.807, 2.05) is 55.5 Å². The highest BCUT2D eigenvalue weighted by Crippen LogP contribution is 2.29. The number of rotatable bonds is 7. The summed E-state index contributed by atoms with van der Waals surface area (Å²) in [6.07, 6.45) is 0.261. The number of carbonyl (C=O) groups excluding carboxylic acids is 2. The van der Waals surface area contributed by atoms with E-state index in [2.05, 4.69) is 10.6 Å². The van der Waals surface area contributed by atoms with Gasteiger partial charge in [-0.1, -0.05) is 48.5 Å². The summed E-state index contributed by atoms with van der Waals surface area (Å²) in [7, 11) is 0. The molecule has 0 saturated carbocycles. The first-order valence-electron chi connectivity index (χ1n) is 10.2. The Labute approximate surface area is 187 Å². The summed E-state index contributed by atoms with van der Waals surface area (Å²) < 4.78 is 10.2. The van der Waals surface area contributed by atoms with E-state index >= 15 is 0 Å². The van der Waals surface area contributed by atoms with Crippen molar-refractivity contribution in [1.29, 1.82) is 0 Å². The van der Waals surface area contributed by atoms with Crippen LogP contribution in [-0.4, -0.2) is 30.3 Å². The Bertz CT molecular complexity index is 997. The van der Waals surface area contributed by atoms with Crippen LogP contribution in [0.25, 0.3) is 11.1 Å². The van der Waals surface area contributed by atoms with Crippen LogP contribution in [0.2, 0.25) is 0 Å². The third-order valence-corrected chi connectivity index (χ3v) is 5.17. The van der Waals surface area contributed by atoms with Crippen LogP contribution < -0.4 is 10.6 Å². The fourth-order valence-electron chi connectivity index (χ4n) is 3.49. The Morgan fingerprint density at radius 1 is 0.935 bits per heavy atom. The maximum atomic E-state index is 12.5. The van der Waals surface area contributed by atoms with Crippen molar-refractivity contribution in [2.45, 2.75) is 33.2 Å². The smallest absolute Gasteiger partial charge is 0.338 e. The molecule has 1 atom stereocenters. The lowest BCUT2D eigenvalue weighted by Crippen LogP contribution is -2.45. The maximum absolute atomic E-state index is 12.5. The lowest BCUT2D eigenvalue weighted by molar-refractivity contribution is -0.142. The zero-order valence-electron chi connectivity index (χ0n) is 17.9. The Balaban J connectivity index is 1.80. The molecule has 7 heteroatoms. The molecule has 0 bridgehead atoms. The second-order valence-corrected chi connectivity index (χ2v) is 7.50. The van der Waals surface area contributed by atoms with Crippen LogP contribution in [0, 0.1) is 0 Å². The first-order valence-corrected chi connectivity index (χ1v) is 10.6. The second-order valence-electron chi connectivity index (χ2n) is 7.09. The molecule has 0 saturated heterocycles. The molecule has 0 radical (unpaired) electrons. The van der Waals surface area contributed by atoms with Crippen molar-refractivity contribution in [2.24, 2.45) is 0 Å². The van der Waals surface area contributed by atoms with Gasteiger partial charge in [0.05, 0.1) is 31.2 Å². The summed E-state index contributed by atoms with van der Waals surface area (Å²) in [5.74, 6) is -0.596. The van der Waals surface area contributed by atoms with E-state index in [9.17, 15) is 9.59 Å². The van der Waals surface area contributed by atoms with Gasteiger partial charge in [-0.2, -0.15) is 0 Å². The normalized spacial score (nSPS) is 15.7. The third-order valence-electron chi connectivity index (χ3n) is 4.95. The van der Waals surface area contributed by atoms with E-state index < -0.39 is 0 Å². The first-order chi connectivity index (χ1) is 14.9. The molecule has 1 aliphatic heterocycles. The molecule has 1 heterocycles. The van der Waals surface area contributed by atoms with Gasteiger partial charge < -0.3 is 20.1 Å². The molecule has 1 unspecified atom stereocenters. The average Bonchev–Trinajstić information content (AvgIpc) is 2.74. The molecule has 2 aromatic rings. The van der Waals surface area contributed by atoms with Crippen molar-refractivity contribution in [1.82, 2.24) is 10.6 Å². The molecule has 2 aromatic carbocycles. The number of carbonyl (C=O) groups is 2. The van der Waals surface area contributed by atoms with Crippen molar-refractivity contribution in [2.75, 3.05) is 13.2 Å². The van der Waals surface area contributed by atoms with Gasteiger partial charge in [-0.25, -0.2) is 4.79 Å². The minimum absolute atomic E-state index is 0.229. The van der Waals surface area contributed by atoms with Crippen LogP contribution in [-0.2, 0) is 25.5 Å². The van der Waals surface area contributed by atoms with E-state index in [1.165, 1.54) is 0 Å². The summed E-state index contributed by atoms with van der Waals surface area (Å²) in [6, 6.07) is 15.4. The van der Waals surface area contributed by atoms with Gasteiger partial charge in [0, 0.05) is 5.70 Å². The Hall–Kier alpha value is -3.19. The Morgan fingerprint density at radius 3 is 2.10 bits per heavy atom. The molecular weight excluding hydrogens is 412 g/mol. The number of thiocarbonyl (C=S) groups is 1. The minimum atomic E-state index is -0.381. The fourth-order valence-corrected chi connectivity index (χ4v) is 3.76. The second kappa shape index (κ2) is 10.2. The number of hydrogen-bond donors (Lipinski definition) is 2. The van der Waals surface area contributed by atoms with Gasteiger partial charge in [0.2, 0.25) is 0 Å². The third kappa shape index (κ3) is 5.49. The van der Waals surface area contributed by atoms with Gasteiger partial charge >= 0.3 is 11.9 Å². The van der Waals surface area contributed by atoms with Crippen LogP contribution in [0.15, 0.2) is 59.8 Å². The number of hydrogen-bond acceptors (Lipinski definition) is 5. The Morgan fingerprint density at radius 2 is 1.52 bits per heavy atom. The van der Waals surface area contributed by atoms with Crippen molar-refractivity contribution < 1.29 is 19.1 Å². The molecular formula is C24H26N2O4S. The molecule has 162 valence electrons. The van der Waals surface area contributed by atoms with Gasteiger partial charge in [-0.3, -0.25) is 4.79 Å². The van der Waals surface area contributed by atoms with E-state index in [1.54, 1.807) is 13.8 Å². The number of benzene rings is 2. The zero-order valence-corrected chi connectivity index (χ0v) is 18.7. The first kappa shape index (κ1) is 22.5. The molecule has 0 spiro atoms. The summed E-state index contributed by atoms with van der Waals surface area (Å²) in [6.45, 7) is 6.08. The number of nitrogens with one attached hydrogen (secondary N) is 2. The van der Waals surface area contributed by atoms with E-state index in [4.69, 9.17) is 21.7 Å². The van der Waals surface area contributed by atoms with E-state index in [0.717, 1.165) is 22.3 Å². The lowest BCUT2D eigenvalue weighted by atomic mass is 9.93. The van der Waals surface area contributed by atoms with Gasteiger partial charge in [-0.05, 0) is 55.2 Å². The van der Waals surface area contributed by atoms with Crippen molar-refractivity contribution in [3.05, 3.63) is 70.9 Å². The largest absolute Gasteiger partial charge is 0.466 e. The standard InChI is InChI=1S/C24H26N2O4S/c1-4-29-20(27)14-16-6-8-17(9-7-16)18-10-12-19(13-11-18)22-21(23(28)30-5-2)15(3)25-24(31)26-22/h6-13,22H,4-5,14H2,1-3H3,(H2,25,26,31). The zero-order chi connectivity index (χ0) is 22.4. The quantitative estimate of drug-likeness (QED) is 0.503. The predicted octanol–water partition coefficient (Wildman–Crippen LogP) is 3.82. The molecule has 0 aliphatic carbocycles. The highest BCUT2D eigenvalue weighted by atomic mass is 32.1. The number of allylic oxidation sites excluding steroid dienone is 1. The maximum Gasteiger partial charge on any atom is 0.338 e. The van der Waals surface area contributed by atoms with Crippen molar-refractivity contribution in [3.63, 3.8) is 0 Å². The van der Waals surface area contributed by atoms with Crippen molar-refractivity contribution >= 4 is 29.3 Å². The summed E-state index contributed by atoms with van der Waals surface area (Å²) in [5, 5.41) is 6.63. The Kier molecular flexibility index (Phi) is 7.41. The minimum Gasteiger partial charge on any atom is -0.466 e. The molecule has 0 fully saturated rings. The fraction of sp³-hybridized carbons (Fsp3) is 0.292.